The van der Waals surface area contributed by atoms with Gasteiger partial charge in [-0.3, -0.25) is 4.68 Å². The summed E-state index contributed by atoms with van der Waals surface area (Å²) in [5.74, 6) is 0.299. The maximum Gasteiger partial charge on any atom is 0.356 e. The normalized spacial score (nSPS) is 10.4. The van der Waals surface area contributed by atoms with Gasteiger partial charge in [-0.2, -0.15) is 5.10 Å². The molecule has 0 fully saturated rings. The molecule has 1 N–H and O–H groups in total. The molecular weight excluding hydrogens is 260 g/mol. The first-order valence-electron chi connectivity index (χ1n) is 5.98. The maximum absolute atomic E-state index is 11.0. The maximum atomic E-state index is 11.0. The van der Waals surface area contributed by atoms with E-state index in [0.29, 0.717) is 17.2 Å². The van der Waals surface area contributed by atoms with E-state index in [1.54, 1.807) is 21.3 Å². The van der Waals surface area contributed by atoms with Crippen molar-refractivity contribution in [2.45, 2.75) is 6.92 Å². The van der Waals surface area contributed by atoms with Crippen molar-refractivity contribution in [3.8, 4) is 22.8 Å². The van der Waals surface area contributed by atoms with Crippen molar-refractivity contribution in [2.24, 2.45) is 7.05 Å². The molecule has 106 valence electrons. The molecule has 0 saturated heterocycles. The number of benzene rings is 1. The predicted molar refractivity (Wildman–Crippen MR) is 73.4 cm³/mol. The molecule has 2 rings (SSSR count). The first kappa shape index (κ1) is 13.9. The predicted octanol–water partition coefficient (Wildman–Crippen LogP) is 2.11. The first-order chi connectivity index (χ1) is 9.47. The number of carboxylic acid groups (broad SMARTS) is 1. The second kappa shape index (κ2) is 5.24. The van der Waals surface area contributed by atoms with Crippen LogP contribution in [-0.4, -0.2) is 35.1 Å². The molecule has 0 bridgehead atoms. The van der Waals surface area contributed by atoms with Gasteiger partial charge in [-0.1, -0.05) is 0 Å². The zero-order valence-electron chi connectivity index (χ0n) is 11.8. The molecule has 6 heteroatoms. The monoisotopic (exact) mass is 276 g/mol. The number of aromatic nitrogens is 2. The van der Waals surface area contributed by atoms with E-state index in [-0.39, 0.29) is 5.69 Å². The Labute approximate surface area is 116 Å². The number of methoxy groups -OCH3 is 2. The van der Waals surface area contributed by atoms with Crippen LogP contribution in [0.2, 0.25) is 0 Å². The highest BCUT2D eigenvalue weighted by atomic mass is 16.5. The summed E-state index contributed by atoms with van der Waals surface area (Å²) in [6, 6.07) is 5.19. The Morgan fingerprint density at radius 1 is 1.20 bits per heavy atom. The van der Waals surface area contributed by atoms with Crippen LogP contribution >= 0.6 is 0 Å². The molecule has 0 aliphatic heterocycles. The van der Waals surface area contributed by atoms with E-state index in [9.17, 15) is 4.79 Å². The van der Waals surface area contributed by atoms with E-state index in [2.05, 4.69) is 5.10 Å². The van der Waals surface area contributed by atoms with E-state index in [4.69, 9.17) is 14.6 Å². The molecule has 0 aliphatic carbocycles. The number of ether oxygens (including phenoxy) is 2. The van der Waals surface area contributed by atoms with Crippen molar-refractivity contribution in [1.82, 2.24) is 9.78 Å². The molecule has 1 aromatic carbocycles. The summed E-state index contributed by atoms with van der Waals surface area (Å²) in [6.07, 6.45) is 0. The molecule has 0 aliphatic rings. The average Bonchev–Trinajstić information content (AvgIpc) is 2.81. The van der Waals surface area contributed by atoms with Crippen LogP contribution in [0.25, 0.3) is 11.3 Å². The van der Waals surface area contributed by atoms with Gasteiger partial charge in [0.2, 0.25) is 0 Å². The van der Waals surface area contributed by atoms with Crippen LogP contribution in [0.4, 0.5) is 0 Å². The molecule has 1 aromatic heterocycles. The highest BCUT2D eigenvalue weighted by molar-refractivity contribution is 5.87. The van der Waals surface area contributed by atoms with Gasteiger partial charge in [0.15, 0.2) is 5.69 Å². The van der Waals surface area contributed by atoms with Crippen LogP contribution in [0.1, 0.15) is 16.1 Å². The summed E-state index contributed by atoms with van der Waals surface area (Å²) in [6.45, 7) is 1.90. The van der Waals surface area contributed by atoms with Gasteiger partial charge in [-0.05, 0) is 25.1 Å². The van der Waals surface area contributed by atoms with Crippen LogP contribution in [0.5, 0.6) is 11.5 Å². The molecule has 0 saturated carbocycles. The van der Waals surface area contributed by atoms with Crippen molar-refractivity contribution < 1.29 is 19.4 Å². The Morgan fingerprint density at radius 3 is 2.15 bits per heavy atom. The van der Waals surface area contributed by atoms with Gasteiger partial charge in [0.05, 0.1) is 19.9 Å². The Morgan fingerprint density at radius 2 is 1.75 bits per heavy atom. The highest BCUT2D eigenvalue weighted by Crippen LogP contribution is 2.34. The molecule has 0 amide bonds. The van der Waals surface area contributed by atoms with Gasteiger partial charge in [0, 0.05) is 18.2 Å². The Kier molecular flexibility index (Phi) is 3.65. The van der Waals surface area contributed by atoms with E-state index in [0.717, 1.165) is 11.1 Å². The number of carbonyl (C=O) groups is 1. The van der Waals surface area contributed by atoms with Crippen LogP contribution in [-0.2, 0) is 7.05 Å². The fourth-order valence-electron chi connectivity index (χ4n) is 2.08. The number of aryl methyl sites for hydroxylation is 1. The van der Waals surface area contributed by atoms with Crippen LogP contribution < -0.4 is 9.47 Å². The number of carboxylic acids is 1. The van der Waals surface area contributed by atoms with Crippen LogP contribution in [0.15, 0.2) is 18.2 Å². The minimum atomic E-state index is -1.06. The van der Waals surface area contributed by atoms with Crippen molar-refractivity contribution in [3.63, 3.8) is 0 Å². The van der Waals surface area contributed by atoms with Gasteiger partial charge < -0.3 is 14.6 Å². The number of hydrogen-bond donors (Lipinski definition) is 1. The van der Waals surface area contributed by atoms with Gasteiger partial charge in [0.25, 0.3) is 0 Å². The Hall–Kier alpha value is -2.50. The molecule has 0 unspecified atom stereocenters. The lowest BCUT2D eigenvalue weighted by molar-refractivity contribution is 0.0689. The summed E-state index contributed by atoms with van der Waals surface area (Å²) in [7, 11) is 4.86. The third-order valence-electron chi connectivity index (χ3n) is 3.15. The summed E-state index contributed by atoms with van der Waals surface area (Å²) < 4.78 is 12.2. The summed E-state index contributed by atoms with van der Waals surface area (Å²) in [5.41, 5.74) is 2.35. The van der Waals surface area contributed by atoms with Crippen molar-refractivity contribution >= 4 is 5.97 Å². The van der Waals surface area contributed by atoms with E-state index < -0.39 is 5.97 Å². The van der Waals surface area contributed by atoms with Crippen molar-refractivity contribution in [2.75, 3.05) is 14.2 Å². The minimum absolute atomic E-state index is 0.000934. The second-order valence-electron chi connectivity index (χ2n) is 4.35. The third-order valence-corrected chi connectivity index (χ3v) is 3.15. The molecule has 6 nitrogen and oxygen atoms in total. The number of nitrogens with zero attached hydrogens (tertiary/aromatic N) is 2. The van der Waals surface area contributed by atoms with E-state index >= 15 is 0 Å². The SMILES string of the molecule is COc1cc(-c2cc(C(=O)O)nn2C)cc(OC)c1C. The van der Waals surface area contributed by atoms with Crippen LogP contribution in [0.3, 0.4) is 0 Å². The molecule has 0 radical (unpaired) electrons. The molecule has 20 heavy (non-hydrogen) atoms. The number of hydrogen-bond acceptors (Lipinski definition) is 4. The lowest BCUT2D eigenvalue weighted by atomic mass is 10.1. The third kappa shape index (κ3) is 2.32. The minimum Gasteiger partial charge on any atom is -0.496 e. The average molecular weight is 276 g/mol. The standard InChI is InChI=1S/C14H16N2O4/c1-8-12(19-3)5-9(6-13(8)20-4)11-7-10(14(17)18)15-16(11)2/h5-7H,1-4H3,(H,17,18). The fourth-order valence-corrected chi connectivity index (χ4v) is 2.08. The van der Waals surface area contributed by atoms with Crippen molar-refractivity contribution in [3.05, 3.63) is 29.5 Å². The molecular formula is C14H16N2O4. The summed E-state index contributed by atoms with van der Waals surface area (Å²) in [5, 5.41) is 12.9. The number of rotatable bonds is 4. The molecule has 0 spiro atoms. The van der Waals surface area contributed by atoms with E-state index in [1.165, 1.54) is 10.7 Å². The molecule has 1 heterocycles. The topological polar surface area (TPSA) is 73.6 Å². The lowest BCUT2D eigenvalue weighted by Crippen LogP contribution is -1.99. The largest absolute Gasteiger partial charge is 0.496 e. The fraction of sp³-hybridized carbons (Fsp3) is 0.286. The van der Waals surface area contributed by atoms with Gasteiger partial charge in [0.1, 0.15) is 11.5 Å². The molecule has 2 aromatic rings. The zero-order chi connectivity index (χ0) is 14.9. The lowest BCUT2D eigenvalue weighted by Gasteiger charge is -2.12. The smallest absolute Gasteiger partial charge is 0.356 e. The Balaban J connectivity index is 2.60. The first-order valence-corrected chi connectivity index (χ1v) is 5.98. The molecule has 0 atom stereocenters. The van der Waals surface area contributed by atoms with E-state index in [1.807, 2.05) is 19.1 Å². The highest BCUT2D eigenvalue weighted by Gasteiger charge is 2.16. The Bertz CT molecular complexity index is 636. The summed E-state index contributed by atoms with van der Waals surface area (Å²) in [4.78, 5) is 11.0. The van der Waals surface area contributed by atoms with Gasteiger partial charge in [-0.25, -0.2) is 4.79 Å². The van der Waals surface area contributed by atoms with Gasteiger partial charge in [-0.15, -0.1) is 0 Å². The zero-order valence-corrected chi connectivity index (χ0v) is 11.8. The quantitative estimate of drug-likeness (QED) is 0.925. The second-order valence-corrected chi connectivity index (χ2v) is 4.35. The van der Waals surface area contributed by atoms with Gasteiger partial charge >= 0.3 is 5.97 Å². The van der Waals surface area contributed by atoms with Crippen LogP contribution in [0, 0.1) is 6.92 Å². The summed E-state index contributed by atoms with van der Waals surface area (Å²) >= 11 is 0. The number of aromatic carboxylic acids is 1. The van der Waals surface area contributed by atoms with Crippen molar-refractivity contribution in [1.29, 1.82) is 0 Å².